The van der Waals surface area contributed by atoms with Gasteiger partial charge in [0.15, 0.2) is 0 Å². The fourth-order valence-electron chi connectivity index (χ4n) is 3.74. The molecule has 0 bridgehead atoms. The summed E-state index contributed by atoms with van der Waals surface area (Å²) in [5, 5.41) is 0. The molecule has 1 aromatic carbocycles. The van der Waals surface area contributed by atoms with Crippen LogP contribution in [0.4, 0.5) is 0 Å². The fraction of sp³-hybridized carbons (Fsp3) is 0.348. The van der Waals surface area contributed by atoms with Gasteiger partial charge in [-0.2, -0.15) is 0 Å². The first-order valence-electron chi connectivity index (χ1n) is 10.1. The number of likely N-dealkylation sites (tertiary alicyclic amines) is 1. The predicted molar refractivity (Wildman–Crippen MR) is 113 cm³/mol. The van der Waals surface area contributed by atoms with Crippen molar-refractivity contribution in [2.45, 2.75) is 38.8 Å². The summed E-state index contributed by atoms with van der Waals surface area (Å²) < 4.78 is 5.71. The third-order valence-electron chi connectivity index (χ3n) is 5.08. The van der Waals surface area contributed by atoms with Crippen LogP contribution in [-0.2, 0) is 6.54 Å². The van der Waals surface area contributed by atoms with Gasteiger partial charge in [-0.3, -0.25) is 14.7 Å². The van der Waals surface area contributed by atoms with Gasteiger partial charge >= 0.3 is 0 Å². The molecule has 6 nitrogen and oxygen atoms in total. The number of nitrogens with zero attached hydrogens (tertiary/aromatic N) is 3. The molecule has 29 heavy (non-hydrogen) atoms. The second-order valence-corrected chi connectivity index (χ2v) is 7.79. The number of aromatic nitrogens is 3. The van der Waals surface area contributed by atoms with E-state index in [1.54, 1.807) is 12.4 Å². The van der Waals surface area contributed by atoms with Gasteiger partial charge in [0.2, 0.25) is 0 Å². The fourth-order valence-corrected chi connectivity index (χ4v) is 3.74. The molecule has 0 spiro atoms. The van der Waals surface area contributed by atoms with E-state index in [0.717, 1.165) is 43.2 Å². The Morgan fingerprint density at radius 3 is 2.79 bits per heavy atom. The summed E-state index contributed by atoms with van der Waals surface area (Å²) in [6.45, 7) is 6.80. The molecule has 1 aliphatic heterocycles. The van der Waals surface area contributed by atoms with Crippen LogP contribution in [0.1, 0.15) is 37.6 Å². The van der Waals surface area contributed by atoms with Crippen molar-refractivity contribution in [3.05, 3.63) is 76.6 Å². The highest BCUT2D eigenvalue weighted by Gasteiger charge is 2.26. The molecule has 6 heteroatoms. The van der Waals surface area contributed by atoms with Gasteiger partial charge in [-0.15, -0.1) is 0 Å². The summed E-state index contributed by atoms with van der Waals surface area (Å²) in [7, 11) is 0. The van der Waals surface area contributed by atoms with E-state index in [2.05, 4.69) is 27.0 Å². The van der Waals surface area contributed by atoms with Gasteiger partial charge < -0.3 is 9.72 Å². The number of aromatic amines is 1. The zero-order valence-electron chi connectivity index (χ0n) is 16.8. The lowest BCUT2D eigenvalue weighted by molar-refractivity contribution is 0.242. The molecule has 1 saturated heterocycles. The maximum atomic E-state index is 12.2. The highest BCUT2D eigenvalue weighted by atomic mass is 16.5. The Labute approximate surface area is 170 Å². The van der Waals surface area contributed by atoms with E-state index in [0.29, 0.717) is 5.69 Å². The normalized spacial score (nSPS) is 17.0. The van der Waals surface area contributed by atoms with Crippen LogP contribution in [0.3, 0.4) is 0 Å². The molecular weight excluding hydrogens is 364 g/mol. The molecule has 1 N–H and O–H groups in total. The van der Waals surface area contributed by atoms with Crippen LogP contribution in [0, 0.1) is 0 Å². The van der Waals surface area contributed by atoms with Crippen LogP contribution in [0.5, 0.6) is 5.75 Å². The summed E-state index contributed by atoms with van der Waals surface area (Å²) in [5.41, 5.74) is 2.68. The summed E-state index contributed by atoms with van der Waals surface area (Å²) in [6.07, 6.45) is 4.61. The molecular formula is C23H26N4O2. The number of rotatable bonds is 6. The van der Waals surface area contributed by atoms with Crippen LogP contribution in [-0.4, -0.2) is 39.0 Å². The zero-order chi connectivity index (χ0) is 20.2. The van der Waals surface area contributed by atoms with Crippen LogP contribution in [0.15, 0.2) is 59.7 Å². The molecule has 0 saturated carbocycles. The Kier molecular flexibility index (Phi) is 5.71. The minimum atomic E-state index is -0.118. The van der Waals surface area contributed by atoms with E-state index in [1.165, 1.54) is 11.6 Å². The smallest absolute Gasteiger partial charge is 0.251 e. The largest absolute Gasteiger partial charge is 0.491 e. The molecule has 0 unspecified atom stereocenters. The Balaban J connectivity index is 1.43. The molecule has 2 aromatic heterocycles. The van der Waals surface area contributed by atoms with Gasteiger partial charge in [-0.25, -0.2) is 4.98 Å². The van der Waals surface area contributed by atoms with E-state index >= 15 is 0 Å². The Hall–Kier alpha value is -2.99. The summed E-state index contributed by atoms with van der Waals surface area (Å²) in [4.78, 5) is 26.4. The van der Waals surface area contributed by atoms with Crippen molar-refractivity contribution in [3.63, 3.8) is 0 Å². The molecule has 1 fully saturated rings. The van der Waals surface area contributed by atoms with E-state index in [1.807, 2.05) is 38.1 Å². The predicted octanol–water partition coefficient (Wildman–Crippen LogP) is 3.61. The topological polar surface area (TPSA) is 71.1 Å². The molecule has 150 valence electrons. The van der Waals surface area contributed by atoms with Crippen LogP contribution < -0.4 is 10.3 Å². The first kappa shape index (κ1) is 19.3. The highest BCUT2D eigenvalue weighted by molar-refractivity contribution is 5.56. The maximum Gasteiger partial charge on any atom is 0.251 e. The van der Waals surface area contributed by atoms with Crippen LogP contribution >= 0.6 is 0 Å². The molecule has 1 atom stereocenters. The number of nitrogens with one attached hydrogen (secondary N) is 1. The molecule has 0 amide bonds. The number of benzene rings is 1. The SMILES string of the molecule is CC(C)Oc1ccc(CN2CC[C@@H](c3nc(-c4cccnc4)cc(=O)[nH]3)C2)cc1. The highest BCUT2D eigenvalue weighted by Crippen LogP contribution is 2.27. The molecule has 0 radical (unpaired) electrons. The van der Waals surface area contributed by atoms with Crippen LogP contribution in [0.2, 0.25) is 0 Å². The number of ether oxygens (including phenoxy) is 1. The van der Waals surface area contributed by atoms with Crippen molar-refractivity contribution in [2.75, 3.05) is 13.1 Å². The average molecular weight is 390 g/mol. The average Bonchev–Trinajstić information content (AvgIpc) is 3.18. The number of hydrogen-bond acceptors (Lipinski definition) is 5. The Bertz CT molecular complexity index is 999. The molecule has 1 aliphatic rings. The number of H-pyrrole nitrogens is 1. The lowest BCUT2D eigenvalue weighted by Crippen LogP contribution is -2.21. The van der Waals surface area contributed by atoms with Crippen molar-refractivity contribution in [1.82, 2.24) is 19.9 Å². The standard InChI is InChI=1S/C23H26N4O2/c1-16(2)29-20-7-5-17(6-8-20)14-27-11-9-19(15-27)23-25-21(12-22(28)26-23)18-4-3-10-24-13-18/h3-8,10,12-13,16,19H,9,11,14-15H2,1-2H3,(H,25,26,28)/t19-/m1/s1. The van der Waals surface area contributed by atoms with E-state index in [9.17, 15) is 4.79 Å². The third-order valence-corrected chi connectivity index (χ3v) is 5.08. The molecule has 3 aromatic rings. The first-order chi connectivity index (χ1) is 14.1. The minimum absolute atomic E-state index is 0.118. The summed E-state index contributed by atoms with van der Waals surface area (Å²) in [5.74, 6) is 1.89. The summed E-state index contributed by atoms with van der Waals surface area (Å²) in [6, 6.07) is 13.6. The van der Waals surface area contributed by atoms with Crippen molar-refractivity contribution >= 4 is 0 Å². The van der Waals surface area contributed by atoms with Crippen molar-refractivity contribution < 1.29 is 4.74 Å². The number of hydrogen-bond donors (Lipinski definition) is 1. The number of pyridine rings is 1. The monoisotopic (exact) mass is 390 g/mol. The van der Waals surface area contributed by atoms with Gasteiger partial charge in [-0.1, -0.05) is 12.1 Å². The molecule has 4 rings (SSSR count). The van der Waals surface area contributed by atoms with Crippen molar-refractivity contribution in [1.29, 1.82) is 0 Å². The first-order valence-corrected chi connectivity index (χ1v) is 10.1. The van der Waals surface area contributed by atoms with E-state index in [-0.39, 0.29) is 17.6 Å². The van der Waals surface area contributed by atoms with Crippen molar-refractivity contribution in [3.8, 4) is 17.0 Å². The zero-order valence-corrected chi connectivity index (χ0v) is 16.8. The molecule has 3 heterocycles. The Morgan fingerprint density at radius 1 is 1.24 bits per heavy atom. The lowest BCUT2D eigenvalue weighted by atomic mass is 10.1. The van der Waals surface area contributed by atoms with Gasteiger partial charge in [-0.05, 0) is 56.6 Å². The lowest BCUT2D eigenvalue weighted by Gasteiger charge is -2.17. The second kappa shape index (κ2) is 8.57. The maximum absolute atomic E-state index is 12.2. The third kappa shape index (κ3) is 4.90. The van der Waals surface area contributed by atoms with Crippen molar-refractivity contribution in [2.24, 2.45) is 0 Å². The van der Waals surface area contributed by atoms with Gasteiger partial charge in [0.05, 0.1) is 11.8 Å². The molecule has 0 aliphatic carbocycles. The second-order valence-electron chi connectivity index (χ2n) is 7.79. The minimum Gasteiger partial charge on any atom is -0.491 e. The van der Waals surface area contributed by atoms with Crippen LogP contribution in [0.25, 0.3) is 11.3 Å². The van der Waals surface area contributed by atoms with E-state index in [4.69, 9.17) is 9.72 Å². The summed E-state index contributed by atoms with van der Waals surface area (Å²) >= 11 is 0. The van der Waals surface area contributed by atoms with Gasteiger partial charge in [0, 0.05) is 43.0 Å². The van der Waals surface area contributed by atoms with Gasteiger partial charge in [0.25, 0.3) is 5.56 Å². The van der Waals surface area contributed by atoms with Gasteiger partial charge in [0.1, 0.15) is 11.6 Å². The Morgan fingerprint density at radius 2 is 2.07 bits per heavy atom. The van der Waals surface area contributed by atoms with E-state index < -0.39 is 0 Å². The quantitative estimate of drug-likeness (QED) is 0.696.